The highest BCUT2D eigenvalue weighted by atomic mass is 32.1. The highest BCUT2D eigenvalue weighted by molar-refractivity contribution is 7.21. The van der Waals surface area contributed by atoms with Crippen LogP contribution in [0.4, 0.5) is 5.82 Å². The van der Waals surface area contributed by atoms with E-state index in [1.165, 1.54) is 22.6 Å². The Morgan fingerprint density at radius 3 is 2.87 bits per heavy atom. The number of carbonyl (C=O) groups excluding carboxylic acids is 1. The third kappa shape index (κ3) is 2.76. The second-order valence-electron chi connectivity index (χ2n) is 7.37. The van der Waals surface area contributed by atoms with E-state index >= 15 is 0 Å². The van der Waals surface area contributed by atoms with Crippen LogP contribution in [0.3, 0.4) is 0 Å². The fraction of sp³-hybridized carbons (Fsp3) is 0.250. The summed E-state index contributed by atoms with van der Waals surface area (Å²) in [7, 11) is 1.66. The molecule has 4 aromatic rings. The summed E-state index contributed by atoms with van der Waals surface area (Å²) in [4.78, 5) is 27.4. The third-order valence-corrected chi connectivity index (χ3v) is 6.42. The molecule has 0 saturated carbocycles. The molecule has 3 aromatic heterocycles. The first kappa shape index (κ1) is 18.6. The lowest BCUT2D eigenvalue weighted by molar-refractivity contribution is -0.143. The van der Waals surface area contributed by atoms with Crippen molar-refractivity contribution in [3.8, 4) is 21.9 Å². The number of carbonyl (C=O) groups is 1. The number of benzene rings is 1. The number of aliphatic hydroxyl groups is 1. The molecule has 1 atom stereocenters. The summed E-state index contributed by atoms with van der Waals surface area (Å²) in [6.45, 7) is 2.46. The third-order valence-electron chi connectivity index (χ3n) is 5.42. The van der Waals surface area contributed by atoms with E-state index in [2.05, 4.69) is 20.1 Å². The van der Waals surface area contributed by atoms with Gasteiger partial charge < -0.3 is 20.3 Å². The smallest absolute Gasteiger partial charge is 0.260 e. The van der Waals surface area contributed by atoms with Crippen LogP contribution in [0.1, 0.15) is 17.7 Å². The van der Waals surface area contributed by atoms with E-state index in [0.29, 0.717) is 23.6 Å². The second kappa shape index (κ2) is 6.57. The first-order chi connectivity index (χ1) is 14.4. The highest BCUT2D eigenvalue weighted by Gasteiger charge is 2.47. The highest BCUT2D eigenvalue weighted by Crippen LogP contribution is 2.37. The molecule has 9 nitrogen and oxygen atoms in total. The molecule has 0 aliphatic carbocycles. The average molecular weight is 422 g/mol. The van der Waals surface area contributed by atoms with Crippen molar-refractivity contribution in [2.75, 3.05) is 19.3 Å². The number of thiazole rings is 1. The fourth-order valence-electron chi connectivity index (χ4n) is 3.59. The van der Waals surface area contributed by atoms with Gasteiger partial charge in [0.2, 0.25) is 0 Å². The predicted molar refractivity (Wildman–Crippen MR) is 111 cm³/mol. The first-order valence-corrected chi connectivity index (χ1v) is 10.1. The Kier molecular flexibility index (Phi) is 4.09. The number of nitrogens with zero attached hydrogens (tertiary/aromatic N) is 5. The van der Waals surface area contributed by atoms with Gasteiger partial charge >= 0.3 is 0 Å². The summed E-state index contributed by atoms with van der Waals surface area (Å²) < 4.78 is 5.48. The largest absolute Gasteiger partial charge is 0.382 e. The number of fused-ring (bicyclic) bond motifs is 1. The molecule has 0 bridgehead atoms. The minimum Gasteiger partial charge on any atom is -0.382 e. The molecule has 0 spiro atoms. The fourth-order valence-corrected chi connectivity index (χ4v) is 4.59. The van der Waals surface area contributed by atoms with Crippen molar-refractivity contribution in [3.63, 3.8) is 0 Å². The van der Waals surface area contributed by atoms with Crippen LogP contribution in [0.25, 0.3) is 32.2 Å². The van der Waals surface area contributed by atoms with Gasteiger partial charge in [-0.15, -0.1) is 0 Å². The number of nitrogens with two attached hydrogens (primary N) is 1. The number of likely N-dealkylation sites (N-methyl/N-ethyl adjacent to an activating group) is 1. The monoisotopic (exact) mass is 422 g/mol. The number of amides is 1. The molecule has 1 saturated heterocycles. The number of rotatable bonds is 3. The van der Waals surface area contributed by atoms with Gasteiger partial charge in [0.1, 0.15) is 27.4 Å². The molecule has 152 valence electrons. The molecule has 1 fully saturated rings. The van der Waals surface area contributed by atoms with E-state index in [0.717, 1.165) is 26.5 Å². The Labute approximate surface area is 175 Å². The summed E-state index contributed by atoms with van der Waals surface area (Å²) in [6.07, 6.45) is 1.70. The van der Waals surface area contributed by atoms with Gasteiger partial charge in [-0.2, -0.15) is 0 Å². The van der Waals surface area contributed by atoms with E-state index in [4.69, 9.17) is 10.3 Å². The number of hydrogen-bond acceptors (Lipinski definition) is 9. The summed E-state index contributed by atoms with van der Waals surface area (Å²) in [6, 6.07) is 7.41. The molecule has 0 radical (unpaired) electrons. The molecule has 10 heteroatoms. The van der Waals surface area contributed by atoms with Crippen molar-refractivity contribution >= 4 is 33.4 Å². The molecular weight excluding hydrogens is 404 g/mol. The van der Waals surface area contributed by atoms with E-state index < -0.39 is 5.60 Å². The van der Waals surface area contributed by atoms with E-state index in [1.54, 1.807) is 13.1 Å². The average Bonchev–Trinajstić information content (AvgIpc) is 3.45. The van der Waals surface area contributed by atoms with Crippen LogP contribution in [-0.4, -0.2) is 49.6 Å². The zero-order valence-electron chi connectivity index (χ0n) is 16.3. The van der Waals surface area contributed by atoms with E-state index in [9.17, 15) is 9.90 Å². The lowest BCUT2D eigenvalue weighted by Gasteiger charge is -2.16. The van der Waals surface area contributed by atoms with Crippen molar-refractivity contribution in [1.82, 2.24) is 25.0 Å². The lowest BCUT2D eigenvalue weighted by atomic mass is 9.97. The first-order valence-electron chi connectivity index (χ1n) is 9.30. The van der Waals surface area contributed by atoms with E-state index in [-0.39, 0.29) is 18.0 Å². The summed E-state index contributed by atoms with van der Waals surface area (Å²) in [5.41, 5.74) is 7.76. The van der Waals surface area contributed by atoms with Gasteiger partial charge in [0, 0.05) is 37.2 Å². The SMILES string of the molecule is Cc1ccc(-c2cc([C@]3(O)CCN(C)C3=O)no2)cc1-c1nc2c(N)ncnc2s1. The van der Waals surface area contributed by atoms with Crippen LogP contribution < -0.4 is 5.73 Å². The van der Waals surface area contributed by atoms with Crippen molar-refractivity contribution in [1.29, 1.82) is 0 Å². The van der Waals surface area contributed by atoms with Crippen LogP contribution in [0.2, 0.25) is 0 Å². The maximum absolute atomic E-state index is 12.3. The van der Waals surface area contributed by atoms with Crippen molar-refractivity contribution < 1.29 is 14.4 Å². The van der Waals surface area contributed by atoms with Crippen molar-refractivity contribution in [2.24, 2.45) is 0 Å². The molecule has 30 heavy (non-hydrogen) atoms. The molecule has 1 aliphatic heterocycles. The molecule has 4 heterocycles. The van der Waals surface area contributed by atoms with Crippen LogP contribution in [0, 0.1) is 6.92 Å². The Hall–Kier alpha value is -3.37. The van der Waals surface area contributed by atoms with Crippen LogP contribution in [-0.2, 0) is 10.4 Å². The van der Waals surface area contributed by atoms with Gasteiger partial charge in [-0.1, -0.05) is 28.6 Å². The lowest BCUT2D eigenvalue weighted by Crippen LogP contribution is -2.36. The Morgan fingerprint density at radius 2 is 2.13 bits per heavy atom. The van der Waals surface area contributed by atoms with Gasteiger partial charge in [0.15, 0.2) is 17.2 Å². The normalized spacial score (nSPS) is 19.2. The Morgan fingerprint density at radius 1 is 1.30 bits per heavy atom. The van der Waals surface area contributed by atoms with E-state index in [1.807, 2.05) is 25.1 Å². The van der Waals surface area contributed by atoms with Crippen LogP contribution in [0.5, 0.6) is 0 Å². The van der Waals surface area contributed by atoms with Crippen LogP contribution in [0.15, 0.2) is 35.1 Å². The number of anilines is 1. The number of likely N-dealkylation sites (tertiary alicyclic amines) is 1. The van der Waals surface area contributed by atoms with Crippen molar-refractivity contribution in [2.45, 2.75) is 18.9 Å². The molecule has 3 N–H and O–H groups in total. The minimum atomic E-state index is -1.65. The quantitative estimate of drug-likeness (QED) is 0.514. The zero-order chi connectivity index (χ0) is 21.0. The molecule has 5 rings (SSSR count). The molecule has 0 unspecified atom stereocenters. The number of aromatic nitrogens is 4. The standard InChI is InChI=1S/C20H18N6O3S/c1-10-3-4-11(7-12(10)17-24-15-16(21)22-9-23-18(15)30-17)13-8-14(25-29-13)20(28)5-6-26(2)19(20)27/h3-4,7-9,28H,5-6H2,1-2H3,(H2,21,22,23)/t20-/m1/s1. The summed E-state index contributed by atoms with van der Waals surface area (Å²) in [5, 5.41) is 15.5. The Balaban J connectivity index is 1.55. The van der Waals surface area contributed by atoms with Gasteiger partial charge in [0.05, 0.1) is 0 Å². The number of nitrogen functional groups attached to an aromatic ring is 1. The Bertz CT molecular complexity index is 1300. The summed E-state index contributed by atoms with van der Waals surface area (Å²) in [5.74, 6) is 0.429. The maximum atomic E-state index is 12.3. The van der Waals surface area contributed by atoms with Crippen LogP contribution >= 0.6 is 11.3 Å². The maximum Gasteiger partial charge on any atom is 0.260 e. The molecule has 1 aliphatic rings. The van der Waals surface area contributed by atoms with Gasteiger partial charge in [-0.05, 0) is 18.6 Å². The number of aryl methyl sites for hydroxylation is 1. The topological polar surface area (TPSA) is 131 Å². The van der Waals surface area contributed by atoms with Gasteiger partial charge in [-0.3, -0.25) is 4.79 Å². The molecule has 1 aromatic carbocycles. The van der Waals surface area contributed by atoms with Gasteiger partial charge in [0.25, 0.3) is 5.91 Å². The summed E-state index contributed by atoms with van der Waals surface area (Å²) >= 11 is 1.43. The van der Waals surface area contributed by atoms with Crippen molar-refractivity contribution in [3.05, 3.63) is 41.9 Å². The zero-order valence-corrected chi connectivity index (χ0v) is 17.1. The predicted octanol–water partition coefficient (Wildman–Crippen LogP) is 2.35. The molecular formula is C20H18N6O3S. The minimum absolute atomic E-state index is 0.219. The number of hydrogen-bond donors (Lipinski definition) is 2. The second-order valence-corrected chi connectivity index (χ2v) is 8.35. The van der Waals surface area contributed by atoms with Gasteiger partial charge in [-0.25, -0.2) is 15.0 Å². The molecule has 1 amide bonds.